The standard InChI is InChI=1S/C17H28NO4P/c1-4-21-23(19,22-5-2)17(18-13-7-6-8-14-18)15-9-11-16(20-3)12-10-15/h9-12,17H,4-8,13-14H2,1-3H3. The van der Waals surface area contributed by atoms with E-state index in [1.165, 1.54) is 6.42 Å². The van der Waals surface area contributed by atoms with E-state index in [0.717, 1.165) is 37.2 Å². The normalized spacial score (nSPS) is 17.9. The van der Waals surface area contributed by atoms with Crippen LogP contribution in [0.3, 0.4) is 0 Å². The largest absolute Gasteiger partial charge is 0.497 e. The zero-order valence-corrected chi connectivity index (χ0v) is 15.3. The summed E-state index contributed by atoms with van der Waals surface area (Å²) in [6.07, 6.45) is 3.45. The van der Waals surface area contributed by atoms with E-state index in [2.05, 4.69) is 4.90 Å². The van der Waals surface area contributed by atoms with Gasteiger partial charge in [0.2, 0.25) is 0 Å². The summed E-state index contributed by atoms with van der Waals surface area (Å²) in [5, 5.41) is 0. The van der Waals surface area contributed by atoms with Crippen LogP contribution < -0.4 is 4.74 Å². The van der Waals surface area contributed by atoms with Crippen LogP contribution in [0.4, 0.5) is 0 Å². The van der Waals surface area contributed by atoms with Gasteiger partial charge in [-0.15, -0.1) is 0 Å². The molecule has 0 saturated carbocycles. The second kappa shape index (κ2) is 8.84. The third kappa shape index (κ3) is 4.57. The van der Waals surface area contributed by atoms with Gasteiger partial charge in [-0.25, -0.2) is 0 Å². The van der Waals surface area contributed by atoms with Crippen LogP contribution in [0.25, 0.3) is 0 Å². The van der Waals surface area contributed by atoms with Gasteiger partial charge in [-0.05, 0) is 57.5 Å². The minimum Gasteiger partial charge on any atom is -0.497 e. The maximum Gasteiger partial charge on any atom is 0.352 e. The molecule has 1 aliphatic heterocycles. The number of piperidine rings is 1. The fourth-order valence-electron chi connectivity index (χ4n) is 3.07. The Morgan fingerprint density at radius 2 is 1.61 bits per heavy atom. The van der Waals surface area contributed by atoms with Gasteiger partial charge in [0.25, 0.3) is 0 Å². The predicted molar refractivity (Wildman–Crippen MR) is 92.0 cm³/mol. The van der Waals surface area contributed by atoms with Crippen molar-refractivity contribution in [2.45, 2.75) is 38.9 Å². The van der Waals surface area contributed by atoms with Gasteiger partial charge in [0.15, 0.2) is 0 Å². The van der Waals surface area contributed by atoms with Gasteiger partial charge < -0.3 is 13.8 Å². The van der Waals surface area contributed by atoms with Gasteiger partial charge in [-0.1, -0.05) is 18.6 Å². The summed E-state index contributed by atoms with van der Waals surface area (Å²) in [6, 6.07) is 7.72. The second-order valence-corrected chi connectivity index (χ2v) is 7.70. The highest BCUT2D eigenvalue weighted by atomic mass is 31.2. The molecule has 0 N–H and O–H groups in total. The summed E-state index contributed by atoms with van der Waals surface area (Å²) in [6.45, 7) is 6.29. The number of ether oxygens (including phenoxy) is 1. The van der Waals surface area contributed by atoms with Gasteiger partial charge in [-0.2, -0.15) is 0 Å². The van der Waals surface area contributed by atoms with Crippen LogP contribution in [-0.2, 0) is 13.6 Å². The fraction of sp³-hybridized carbons (Fsp3) is 0.647. The molecule has 2 rings (SSSR count). The molecule has 0 aromatic heterocycles. The van der Waals surface area contributed by atoms with Crippen LogP contribution in [0.1, 0.15) is 44.5 Å². The Hall–Kier alpha value is -0.870. The zero-order chi connectivity index (χ0) is 16.7. The van der Waals surface area contributed by atoms with Crippen molar-refractivity contribution < 1.29 is 18.3 Å². The second-order valence-electron chi connectivity index (χ2n) is 5.62. The van der Waals surface area contributed by atoms with Crippen molar-refractivity contribution in [3.8, 4) is 5.75 Å². The first-order chi connectivity index (χ1) is 11.1. The monoisotopic (exact) mass is 341 g/mol. The lowest BCUT2D eigenvalue weighted by atomic mass is 10.1. The van der Waals surface area contributed by atoms with Crippen LogP contribution in [0.15, 0.2) is 24.3 Å². The number of hydrogen-bond donors (Lipinski definition) is 0. The highest BCUT2D eigenvalue weighted by Gasteiger charge is 2.41. The van der Waals surface area contributed by atoms with E-state index in [1.807, 2.05) is 38.1 Å². The van der Waals surface area contributed by atoms with E-state index >= 15 is 0 Å². The maximum absolute atomic E-state index is 13.5. The zero-order valence-electron chi connectivity index (χ0n) is 14.4. The Morgan fingerprint density at radius 3 is 2.09 bits per heavy atom. The highest BCUT2D eigenvalue weighted by Crippen LogP contribution is 2.62. The van der Waals surface area contributed by atoms with Gasteiger partial charge in [0.05, 0.1) is 20.3 Å². The average molecular weight is 341 g/mol. The number of hydrogen-bond acceptors (Lipinski definition) is 5. The van der Waals surface area contributed by atoms with Gasteiger partial charge in [0, 0.05) is 0 Å². The molecule has 130 valence electrons. The summed E-state index contributed by atoms with van der Waals surface area (Å²) in [5.41, 5.74) is 0.956. The molecule has 1 atom stereocenters. The van der Waals surface area contributed by atoms with E-state index in [0.29, 0.717) is 13.2 Å². The van der Waals surface area contributed by atoms with Crippen molar-refractivity contribution in [3.05, 3.63) is 29.8 Å². The number of nitrogens with zero attached hydrogens (tertiary/aromatic N) is 1. The fourth-order valence-corrected chi connectivity index (χ4v) is 5.32. The average Bonchev–Trinajstić information content (AvgIpc) is 2.57. The summed E-state index contributed by atoms with van der Waals surface area (Å²) in [4.78, 5) is 2.25. The molecule has 1 aliphatic rings. The predicted octanol–water partition coefficient (Wildman–Crippen LogP) is 4.45. The molecule has 0 amide bonds. The lowest BCUT2D eigenvalue weighted by molar-refractivity contribution is 0.147. The van der Waals surface area contributed by atoms with E-state index in [-0.39, 0.29) is 5.78 Å². The molecular weight excluding hydrogens is 313 g/mol. The van der Waals surface area contributed by atoms with Crippen LogP contribution >= 0.6 is 7.60 Å². The van der Waals surface area contributed by atoms with Crippen molar-refractivity contribution in [2.24, 2.45) is 0 Å². The smallest absolute Gasteiger partial charge is 0.352 e. The van der Waals surface area contributed by atoms with Crippen LogP contribution in [0, 0.1) is 0 Å². The maximum atomic E-state index is 13.5. The molecule has 1 heterocycles. The molecule has 23 heavy (non-hydrogen) atoms. The number of rotatable bonds is 8. The number of methoxy groups -OCH3 is 1. The molecule has 0 aliphatic carbocycles. The van der Waals surface area contributed by atoms with Crippen molar-refractivity contribution in [1.82, 2.24) is 4.90 Å². The molecular formula is C17H28NO4P. The molecule has 0 spiro atoms. The van der Waals surface area contributed by atoms with Crippen molar-refractivity contribution in [2.75, 3.05) is 33.4 Å². The van der Waals surface area contributed by atoms with Crippen LogP contribution in [-0.4, -0.2) is 38.3 Å². The third-order valence-electron chi connectivity index (χ3n) is 4.07. The molecule has 1 unspecified atom stereocenters. The Labute approximate surface area is 139 Å². The highest BCUT2D eigenvalue weighted by molar-refractivity contribution is 7.54. The first kappa shape index (κ1) is 18.5. The third-order valence-corrected chi connectivity index (χ3v) is 6.53. The summed E-state index contributed by atoms with van der Waals surface area (Å²) in [7, 11) is -1.62. The minimum atomic E-state index is -3.26. The van der Waals surface area contributed by atoms with E-state index < -0.39 is 7.60 Å². The van der Waals surface area contributed by atoms with Gasteiger partial charge >= 0.3 is 7.60 Å². The molecule has 0 radical (unpaired) electrons. The summed E-state index contributed by atoms with van der Waals surface area (Å²) in [5.74, 6) is 0.433. The quantitative estimate of drug-likeness (QED) is 0.654. The first-order valence-corrected chi connectivity index (χ1v) is 10.0. The summed E-state index contributed by atoms with van der Waals surface area (Å²) >= 11 is 0. The molecule has 5 nitrogen and oxygen atoms in total. The van der Waals surface area contributed by atoms with E-state index in [4.69, 9.17) is 13.8 Å². The molecule has 1 aromatic carbocycles. The molecule has 1 fully saturated rings. The lowest BCUT2D eigenvalue weighted by Crippen LogP contribution is -2.34. The minimum absolute atomic E-state index is 0.353. The lowest BCUT2D eigenvalue weighted by Gasteiger charge is -2.38. The van der Waals surface area contributed by atoms with Crippen molar-refractivity contribution in [1.29, 1.82) is 0 Å². The molecule has 0 bridgehead atoms. The number of likely N-dealkylation sites (tertiary alicyclic amines) is 1. The van der Waals surface area contributed by atoms with Crippen molar-refractivity contribution >= 4 is 7.60 Å². The van der Waals surface area contributed by atoms with Crippen LogP contribution in [0.5, 0.6) is 5.75 Å². The Bertz CT molecular complexity index is 504. The first-order valence-electron chi connectivity index (χ1n) is 8.41. The van der Waals surface area contributed by atoms with E-state index in [9.17, 15) is 4.57 Å². The van der Waals surface area contributed by atoms with Gasteiger partial charge in [0.1, 0.15) is 11.5 Å². The topological polar surface area (TPSA) is 48.0 Å². The SMILES string of the molecule is CCOP(=O)(OCC)C(c1ccc(OC)cc1)N1CCCCC1. The summed E-state index contributed by atoms with van der Waals surface area (Å²) < 4.78 is 30.0. The molecule has 1 saturated heterocycles. The van der Waals surface area contributed by atoms with Crippen LogP contribution in [0.2, 0.25) is 0 Å². The molecule has 6 heteroatoms. The Kier molecular flexibility index (Phi) is 7.09. The van der Waals surface area contributed by atoms with E-state index in [1.54, 1.807) is 7.11 Å². The van der Waals surface area contributed by atoms with Crippen molar-refractivity contribution in [3.63, 3.8) is 0 Å². The number of benzene rings is 1. The van der Waals surface area contributed by atoms with Gasteiger partial charge in [-0.3, -0.25) is 9.46 Å². The Morgan fingerprint density at radius 1 is 1.04 bits per heavy atom. The Balaban J connectivity index is 2.38. The molecule has 1 aromatic rings.